The molecule has 1 aliphatic rings. The summed E-state index contributed by atoms with van der Waals surface area (Å²) in [5.74, 6) is 1.31. The molecule has 5 rings (SSSR count). The predicted octanol–water partition coefficient (Wildman–Crippen LogP) is 4.71. The van der Waals surface area contributed by atoms with E-state index < -0.39 is 0 Å². The van der Waals surface area contributed by atoms with E-state index >= 15 is 0 Å². The number of thiophene rings is 1. The summed E-state index contributed by atoms with van der Waals surface area (Å²) in [5, 5.41) is 9.22. The maximum absolute atomic E-state index is 12.7. The highest BCUT2D eigenvalue weighted by molar-refractivity contribution is 7.20. The number of aromatic nitrogens is 2. The SMILES string of the molecule is Cc1nn(-c2ccc(Cl)cc2)c2sc(C(=O)NCc3ccc4c(c3)OCO4)cc12. The number of aryl methyl sites for hydroxylation is 1. The second kappa shape index (κ2) is 7.09. The van der Waals surface area contributed by atoms with Gasteiger partial charge in [0.1, 0.15) is 4.83 Å². The van der Waals surface area contributed by atoms with Crippen molar-refractivity contribution < 1.29 is 14.3 Å². The zero-order chi connectivity index (χ0) is 20.0. The van der Waals surface area contributed by atoms with Crippen molar-refractivity contribution in [2.24, 2.45) is 0 Å². The van der Waals surface area contributed by atoms with Crippen LogP contribution in [-0.4, -0.2) is 22.5 Å². The molecule has 0 radical (unpaired) electrons. The normalized spacial score (nSPS) is 12.5. The van der Waals surface area contributed by atoms with Gasteiger partial charge in [0.05, 0.1) is 16.3 Å². The summed E-state index contributed by atoms with van der Waals surface area (Å²) in [4.78, 5) is 14.3. The molecule has 0 bridgehead atoms. The summed E-state index contributed by atoms with van der Waals surface area (Å²) in [6, 6.07) is 15.0. The lowest BCUT2D eigenvalue weighted by molar-refractivity contribution is 0.0955. The number of benzene rings is 2. The third-order valence-corrected chi connectivity index (χ3v) is 6.09. The Balaban J connectivity index is 1.38. The molecule has 8 heteroatoms. The lowest BCUT2D eigenvalue weighted by Crippen LogP contribution is -2.21. The van der Waals surface area contributed by atoms with Gasteiger partial charge in [0, 0.05) is 17.0 Å². The summed E-state index contributed by atoms with van der Waals surface area (Å²) in [7, 11) is 0. The van der Waals surface area contributed by atoms with E-state index in [2.05, 4.69) is 10.4 Å². The van der Waals surface area contributed by atoms with E-state index in [0.29, 0.717) is 22.2 Å². The van der Waals surface area contributed by atoms with Gasteiger partial charge in [-0.1, -0.05) is 17.7 Å². The minimum absolute atomic E-state index is 0.120. The highest BCUT2D eigenvalue weighted by Gasteiger charge is 2.18. The number of rotatable bonds is 4. The topological polar surface area (TPSA) is 65.4 Å². The molecule has 0 atom stereocenters. The van der Waals surface area contributed by atoms with Crippen LogP contribution in [0.2, 0.25) is 5.02 Å². The number of amides is 1. The number of fused-ring (bicyclic) bond motifs is 2. The van der Waals surface area contributed by atoms with Crippen molar-refractivity contribution >= 4 is 39.1 Å². The van der Waals surface area contributed by atoms with Crippen molar-refractivity contribution in [2.75, 3.05) is 6.79 Å². The van der Waals surface area contributed by atoms with Crippen LogP contribution in [0.25, 0.3) is 15.9 Å². The third-order valence-electron chi connectivity index (χ3n) is 4.73. The number of nitrogens with one attached hydrogen (secondary N) is 1. The van der Waals surface area contributed by atoms with Crippen LogP contribution >= 0.6 is 22.9 Å². The maximum Gasteiger partial charge on any atom is 0.261 e. The van der Waals surface area contributed by atoms with Crippen LogP contribution in [-0.2, 0) is 6.54 Å². The summed E-state index contributed by atoms with van der Waals surface area (Å²) < 4.78 is 12.5. The Bertz CT molecular complexity index is 1230. The highest BCUT2D eigenvalue weighted by atomic mass is 35.5. The first-order valence-corrected chi connectivity index (χ1v) is 10.2. The molecule has 0 saturated heterocycles. The van der Waals surface area contributed by atoms with Crippen molar-refractivity contribution in [3.8, 4) is 17.2 Å². The van der Waals surface area contributed by atoms with E-state index in [0.717, 1.165) is 32.9 Å². The van der Waals surface area contributed by atoms with E-state index in [1.165, 1.54) is 11.3 Å². The van der Waals surface area contributed by atoms with Gasteiger partial charge in [0.2, 0.25) is 6.79 Å². The van der Waals surface area contributed by atoms with Crippen LogP contribution in [0.5, 0.6) is 11.5 Å². The summed E-state index contributed by atoms with van der Waals surface area (Å²) >= 11 is 7.41. The van der Waals surface area contributed by atoms with Crippen LogP contribution in [0.15, 0.2) is 48.5 Å². The summed E-state index contributed by atoms with van der Waals surface area (Å²) in [6.07, 6.45) is 0. The molecule has 2 aromatic carbocycles. The number of nitrogens with zero attached hydrogens (tertiary/aromatic N) is 2. The first-order valence-electron chi connectivity index (χ1n) is 9.00. The molecule has 1 amide bonds. The fourth-order valence-electron chi connectivity index (χ4n) is 3.24. The minimum atomic E-state index is -0.120. The standard InChI is InChI=1S/C21H16ClN3O3S/c1-12-16-9-19(29-21(16)25(24-12)15-5-3-14(22)4-6-15)20(26)23-10-13-2-7-17-18(8-13)28-11-27-17/h2-9H,10-11H2,1H3,(H,23,26). The third kappa shape index (κ3) is 3.32. The Morgan fingerprint density at radius 1 is 1.17 bits per heavy atom. The largest absolute Gasteiger partial charge is 0.454 e. The van der Waals surface area contributed by atoms with Gasteiger partial charge in [-0.3, -0.25) is 4.79 Å². The first-order chi connectivity index (χ1) is 14.1. The van der Waals surface area contributed by atoms with Crippen molar-refractivity contribution in [2.45, 2.75) is 13.5 Å². The highest BCUT2D eigenvalue weighted by Crippen LogP contribution is 2.33. The van der Waals surface area contributed by atoms with Crippen molar-refractivity contribution in [3.63, 3.8) is 0 Å². The molecule has 0 saturated carbocycles. The molecular formula is C21H16ClN3O3S. The molecule has 1 N–H and O–H groups in total. The van der Waals surface area contributed by atoms with Crippen LogP contribution in [0, 0.1) is 6.92 Å². The average molecular weight is 426 g/mol. The summed E-state index contributed by atoms with van der Waals surface area (Å²) in [5.41, 5.74) is 2.73. The number of carbonyl (C=O) groups is 1. The molecule has 0 unspecified atom stereocenters. The van der Waals surface area contributed by atoms with Crippen LogP contribution in [0.3, 0.4) is 0 Å². The van der Waals surface area contributed by atoms with E-state index in [4.69, 9.17) is 21.1 Å². The molecular weight excluding hydrogens is 410 g/mol. The molecule has 146 valence electrons. The zero-order valence-electron chi connectivity index (χ0n) is 15.4. The molecule has 3 heterocycles. The van der Waals surface area contributed by atoms with Crippen LogP contribution in [0.4, 0.5) is 0 Å². The minimum Gasteiger partial charge on any atom is -0.454 e. The maximum atomic E-state index is 12.7. The Hall–Kier alpha value is -3.03. The van der Waals surface area contributed by atoms with Crippen molar-refractivity contribution in [1.29, 1.82) is 0 Å². The second-order valence-corrected chi connectivity index (χ2v) is 8.14. The number of carbonyl (C=O) groups excluding carboxylic acids is 1. The smallest absolute Gasteiger partial charge is 0.261 e. The molecule has 0 aliphatic carbocycles. The van der Waals surface area contributed by atoms with Gasteiger partial charge in [-0.15, -0.1) is 11.3 Å². The van der Waals surface area contributed by atoms with Gasteiger partial charge in [-0.25, -0.2) is 4.68 Å². The van der Waals surface area contributed by atoms with Crippen LogP contribution in [0.1, 0.15) is 20.9 Å². The van der Waals surface area contributed by atoms with E-state index in [-0.39, 0.29) is 12.7 Å². The Morgan fingerprint density at radius 2 is 1.97 bits per heavy atom. The Kier molecular flexibility index (Phi) is 4.41. The molecule has 6 nitrogen and oxygen atoms in total. The fourth-order valence-corrected chi connectivity index (χ4v) is 4.46. The molecule has 0 spiro atoms. The quantitative estimate of drug-likeness (QED) is 0.514. The molecule has 0 fully saturated rings. The molecule has 4 aromatic rings. The van der Waals surface area contributed by atoms with Gasteiger partial charge >= 0.3 is 0 Å². The lowest BCUT2D eigenvalue weighted by Gasteiger charge is -2.05. The van der Waals surface area contributed by atoms with Crippen molar-refractivity contribution in [3.05, 3.63) is 69.7 Å². The van der Waals surface area contributed by atoms with Gasteiger partial charge in [-0.2, -0.15) is 5.10 Å². The van der Waals surface area contributed by atoms with Crippen molar-refractivity contribution in [1.82, 2.24) is 15.1 Å². The predicted molar refractivity (Wildman–Crippen MR) is 112 cm³/mol. The summed E-state index contributed by atoms with van der Waals surface area (Å²) in [6.45, 7) is 2.58. The number of halogens is 1. The van der Waals surface area contributed by atoms with Crippen LogP contribution < -0.4 is 14.8 Å². The Morgan fingerprint density at radius 3 is 2.79 bits per heavy atom. The fraction of sp³-hybridized carbons (Fsp3) is 0.143. The zero-order valence-corrected chi connectivity index (χ0v) is 17.0. The van der Waals surface area contributed by atoms with E-state index in [1.54, 1.807) is 0 Å². The number of hydrogen-bond donors (Lipinski definition) is 1. The van der Waals surface area contributed by atoms with Gasteiger partial charge < -0.3 is 14.8 Å². The van der Waals surface area contributed by atoms with Gasteiger partial charge in [-0.05, 0) is 55.0 Å². The molecule has 1 aliphatic heterocycles. The van der Waals surface area contributed by atoms with Gasteiger partial charge in [0.15, 0.2) is 11.5 Å². The lowest BCUT2D eigenvalue weighted by atomic mass is 10.2. The monoisotopic (exact) mass is 425 g/mol. The van der Waals surface area contributed by atoms with Gasteiger partial charge in [0.25, 0.3) is 5.91 Å². The van der Waals surface area contributed by atoms with E-state index in [1.807, 2.05) is 60.1 Å². The second-order valence-electron chi connectivity index (χ2n) is 6.67. The number of ether oxygens (including phenoxy) is 2. The average Bonchev–Trinajstić information content (AvgIpc) is 3.43. The molecule has 2 aromatic heterocycles. The molecule has 29 heavy (non-hydrogen) atoms. The Labute approximate surface area is 175 Å². The first kappa shape index (κ1) is 18.0. The number of hydrogen-bond acceptors (Lipinski definition) is 5. The van der Waals surface area contributed by atoms with E-state index in [9.17, 15) is 4.79 Å².